The van der Waals surface area contributed by atoms with Crippen LogP contribution in [0.15, 0.2) is 47.4 Å². The second-order valence-electron chi connectivity index (χ2n) is 9.09. The van der Waals surface area contributed by atoms with Crippen molar-refractivity contribution in [3.63, 3.8) is 0 Å². The van der Waals surface area contributed by atoms with Crippen LogP contribution in [0.1, 0.15) is 36.7 Å². The fraction of sp³-hybridized carbons (Fsp3) is 0.440. The number of carbonyl (C=O) groups excluding carboxylic acids is 2. The van der Waals surface area contributed by atoms with Gasteiger partial charge in [-0.15, -0.1) is 11.8 Å². The van der Waals surface area contributed by atoms with Crippen LogP contribution in [0.25, 0.3) is 0 Å². The number of benzene rings is 2. The summed E-state index contributed by atoms with van der Waals surface area (Å²) in [5.74, 6) is -1.30. The maximum Gasteiger partial charge on any atom is 0.338 e. The maximum absolute atomic E-state index is 14.4. The van der Waals surface area contributed by atoms with Crippen LogP contribution in [0.3, 0.4) is 0 Å². The van der Waals surface area contributed by atoms with Crippen molar-refractivity contribution >= 4 is 35.2 Å². The number of hydrogen-bond acceptors (Lipinski definition) is 6. The van der Waals surface area contributed by atoms with Gasteiger partial charge in [0.2, 0.25) is 5.91 Å². The number of rotatable bonds is 8. The van der Waals surface area contributed by atoms with Gasteiger partial charge in [-0.25, -0.2) is 9.18 Å². The first-order chi connectivity index (χ1) is 16.1. The number of morpholine rings is 1. The number of thioether (sulfide) groups is 1. The molecule has 1 unspecified atom stereocenters. The Morgan fingerprint density at radius 1 is 1.24 bits per heavy atom. The molecule has 184 valence electrons. The molecule has 2 aromatic rings. The van der Waals surface area contributed by atoms with Gasteiger partial charge in [0, 0.05) is 36.1 Å². The van der Waals surface area contributed by atoms with E-state index in [9.17, 15) is 14.0 Å². The van der Waals surface area contributed by atoms with Crippen molar-refractivity contribution in [3.05, 3.63) is 64.4 Å². The van der Waals surface area contributed by atoms with Crippen LogP contribution in [0.5, 0.6) is 0 Å². The summed E-state index contributed by atoms with van der Waals surface area (Å²) in [5, 5.41) is 3.58. The Morgan fingerprint density at radius 3 is 2.65 bits per heavy atom. The third kappa shape index (κ3) is 8.58. The highest BCUT2D eigenvalue weighted by Gasteiger charge is 2.22. The minimum atomic E-state index is -0.659. The lowest BCUT2D eigenvalue weighted by atomic mass is 10.1. The van der Waals surface area contributed by atoms with E-state index < -0.39 is 17.4 Å². The monoisotopic (exact) mass is 508 g/mol. The minimum Gasteiger partial charge on any atom is -0.456 e. The summed E-state index contributed by atoms with van der Waals surface area (Å²) >= 11 is 7.02. The Balaban J connectivity index is 1.42. The molecule has 1 heterocycles. The van der Waals surface area contributed by atoms with Gasteiger partial charge in [-0.1, -0.05) is 23.7 Å². The van der Waals surface area contributed by atoms with Gasteiger partial charge < -0.3 is 14.8 Å². The average Bonchev–Trinajstić information content (AvgIpc) is 2.77. The topological polar surface area (TPSA) is 67.9 Å². The molecule has 0 bridgehead atoms. The van der Waals surface area contributed by atoms with E-state index >= 15 is 0 Å². The second-order valence-corrected chi connectivity index (χ2v) is 10.5. The lowest BCUT2D eigenvalue weighted by molar-refractivity contribution is -0.119. The van der Waals surface area contributed by atoms with Crippen molar-refractivity contribution in [2.24, 2.45) is 0 Å². The minimum absolute atomic E-state index is 0.0594. The van der Waals surface area contributed by atoms with E-state index in [1.165, 1.54) is 17.7 Å². The molecule has 1 aliphatic rings. The summed E-state index contributed by atoms with van der Waals surface area (Å²) in [4.78, 5) is 27.0. The first kappa shape index (κ1) is 26.5. The molecule has 1 atom stereocenters. The molecule has 34 heavy (non-hydrogen) atoms. The van der Waals surface area contributed by atoms with E-state index in [4.69, 9.17) is 21.1 Å². The van der Waals surface area contributed by atoms with Crippen LogP contribution in [-0.4, -0.2) is 60.5 Å². The predicted octanol–water partition coefficient (Wildman–Crippen LogP) is 4.54. The van der Waals surface area contributed by atoms with Gasteiger partial charge in [0.15, 0.2) is 0 Å². The number of amides is 1. The smallest absolute Gasteiger partial charge is 0.338 e. The molecule has 1 N–H and O–H groups in total. The Morgan fingerprint density at radius 2 is 1.97 bits per heavy atom. The molecule has 0 aliphatic carbocycles. The lowest BCUT2D eigenvalue weighted by Crippen LogP contribution is -2.47. The molecule has 0 aromatic heterocycles. The van der Waals surface area contributed by atoms with E-state index in [0.717, 1.165) is 30.9 Å². The predicted molar refractivity (Wildman–Crippen MR) is 132 cm³/mol. The van der Waals surface area contributed by atoms with Crippen LogP contribution in [0.4, 0.5) is 4.39 Å². The van der Waals surface area contributed by atoms with Crippen molar-refractivity contribution in [3.8, 4) is 0 Å². The number of carbonyl (C=O) groups is 2. The van der Waals surface area contributed by atoms with Crippen LogP contribution in [0.2, 0.25) is 5.02 Å². The number of esters is 1. The molecule has 0 spiro atoms. The maximum atomic E-state index is 14.4. The molecule has 1 fully saturated rings. The molecule has 0 saturated carbocycles. The van der Waals surface area contributed by atoms with E-state index in [1.807, 2.05) is 24.3 Å². The van der Waals surface area contributed by atoms with E-state index in [1.54, 1.807) is 20.8 Å². The number of nitrogens with zero attached hydrogens (tertiary/aromatic N) is 1. The molecule has 0 radical (unpaired) electrons. The SMILES string of the molecule is CC(C)(C)OC(=O)c1ccc(SCC(=O)NCC2CN(Cc3ccc(Cl)cc3)CCO2)c(F)c1. The molecule has 6 nitrogen and oxygen atoms in total. The largest absolute Gasteiger partial charge is 0.456 e. The van der Waals surface area contributed by atoms with Gasteiger partial charge >= 0.3 is 5.97 Å². The number of hydrogen-bond donors (Lipinski definition) is 1. The zero-order chi connectivity index (χ0) is 24.7. The Hall–Kier alpha value is -2.13. The zero-order valence-electron chi connectivity index (χ0n) is 19.6. The normalized spacial score (nSPS) is 16.8. The summed E-state index contributed by atoms with van der Waals surface area (Å²) in [6, 6.07) is 11.9. The summed E-state index contributed by atoms with van der Waals surface area (Å²) in [6.45, 7) is 8.55. The second kappa shape index (κ2) is 12.0. The van der Waals surface area contributed by atoms with Gasteiger partial charge in [0.1, 0.15) is 11.4 Å². The molecular formula is C25H30ClFN2O4S. The number of ether oxygens (including phenoxy) is 2. The van der Waals surface area contributed by atoms with Gasteiger partial charge in [0.25, 0.3) is 0 Å². The van der Waals surface area contributed by atoms with Crippen molar-refractivity contribution in [1.82, 2.24) is 10.2 Å². The Bertz CT molecular complexity index is 997. The Kier molecular flexibility index (Phi) is 9.36. The fourth-order valence-corrected chi connectivity index (χ4v) is 4.28. The van der Waals surface area contributed by atoms with Crippen LogP contribution in [-0.2, 0) is 20.8 Å². The summed E-state index contributed by atoms with van der Waals surface area (Å²) in [7, 11) is 0. The van der Waals surface area contributed by atoms with Crippen LogP contribution >= 0.6 is 23.4 Å². The highest BCUT2D eigenvalue weighted by atomic mass is 35.5. The summed E-state index contributed by atoms with van der Waals surface area (Å²) < 4.78 is 25.5. The van der Waals surface area contributed by atoms with Crippen LogP contribution in [0, 0.1) is 5.82 Å². The first-order valence-corrected chi connectivity index (χ1v) is 12.5. The summed E-state index contributed by atoms with van der Waals surface area (Å²) in [5.41, 5.74) is 0.651. The van der Waals surface area contributed by atoms with Gasteiger partial charge in [0.05, 0.1) is 24.0 Å². The molecule has 1 saturated heterocycles. The van der Waals surface area contributed by atoms with Crippen molar-refractivity contribution in [2.45, 2.75) is 43.9 Å². The van der Waals surface area contributed by atoms with Crippen LogP contribution < -0.4 is 5.32 Å². The molecule has 1 aliphatic heterocycles. The Labute approximate surface area is 209 Å². The average molecular weight is 509 g/mol. The van der Waals surface area contributed by atoms with Crippen molar-refractivity contribution < 1.29 is 23.5 Å². The molecule has 3 rings (SSSR count). The number of nitrogens with one attached hydrogen (secondary N) is 1. The lowest BCUT2D eigenvalue weighted by Gasteiger charge is -2.33. The molecule has 2 aromatic carbocycles. The van der Waals surface area contributed by atoms with Gasteiger partial charge in [-0.2, -0.15) is 0 Å². The number of halogens is 2. The fourth-order valence-electron chi connectivity index (χ4n) is 3.40. The highest BCUT2D eigenvalue weighted by Crippen LogP contribution is 2.24. The quantitative estimate of drug-likeness (QED) is 0.417. The third-order valence-corrected chi connectivity index (χ3v) is 6.30. The van der Waals surface area contributed by atoms with Crippen molar-refractivity contribution in [2.75, 3.05) is 32.0 Å². The molecule has 1 amide bonds. The van der Waals surface area contributed by atoms with E-state index in [-0.39, 0.29) is 23.3 Å². The molecule has 9 heteroatoms. The van der Waals surface area contributed by atoms with Gasteiger partial charge in [-0.3, -0.25) is 9.69 Å². The van der Waals surface area contributed by atoms with E-state index in [2.05, 4.69) is 10.2 Å². The molecular weight excluding hydrogens is 479 g/mol. The standard InChI is InChI=1S/C25H30ClFN2O4S/c1-25(2,3)33-24(31)18-6-9-22(21(27)12-18)34-16-23(30)28-13-20-15-29(10-11-32-20)14-17-4-7-19(26)8-5-17/h4-9,12,20H,10-11,13-16H2,1-3H3,(H,28,30). The third-order valence-electron chi connectivity index (χ3n) is 4.99. The van der Waals surface area contributed by atoms with E-state index in [0.29, 0.717) is 29.6 Å². The first-order valence-electron chi connectivity index (χ1n) is 11.1. The van der Waals surface area contributed by atoms with Crippen molar-refractivity contribution in [1.29, 1.82) is 0 Å². The summed E-state index contributed by atoms with van der Waals surface area (Å²) in [6.07, 6.45) is -0.111. The zero-order valence-corrected chi connectivity index (χ0v) is 21.2. The van der Waals surface area contributed by atoms with Gasteiger partial charge in [-0.05, 0) is 56.7 Å². The highest BCUT2D eigenvalue weighted by molar-refractivity contribution is 8.00.